The van der Waals surface area contributed by atoms with E-state index in [4.69, 9.17) is 0 Å². The quantitative estimate of drug-likeness (QED) is 0.609. The fraction of sp³-hybridized carbons (Fsp3) is 0.444. The van der Waals surface area contributed by atoms with E-state index >= 15 is 0 Å². The second-order valence-electron chi connectivity index (χ2n) is 4.09. The van der Waals surface area contributed by atoms with Crippen LogP contribution in [0.2, 0.25) is 0 Å². The molecule has 0 bridgehead atoms. The normalized spacial score (nSPS) is 12.2. The van der Waals surface area contributed by atoms with E-state index in [2.05, 4.69) is 35.8 Å². The predicted octanol–water partition coefficient (Wildman–Crippen LogP) is 1.42. The summed E-state index contributed by atoms with van der Waals surface area (Å²) in [5, 5.41) is 4.06. The highest BCUT2D eigenvalue weighted by Gasteiger charge is 2.17. The standard InChI is InChI=1S/C9H12N4/c1-9(2,3)7-5-13-8(12-7)4-10-6-11-13/h4-6H,1-3H3. The molecular weight excluding hydrogens is 164 g/mol. The monoisotopic (exact) mass is 176 g/mol. The Morgan fingerprint density at radius 3 is 2.69 bits per heavy atom. The summed E-state index contributed by atoms with van der Waals surface area (Å²) in [6, 6.07) is 0. The smallest absolute Gasteiger partial charge is 0.172 e. The summed E-state index contributed by atoms with van der Waals surface area (Å²) >= 11 is 0. The van der Waals surface area contributed by atoms with Gasteiger partial charge in [0, 0.05) is 5.41 Å². The van der Waals surface area contributed by atoms with Gasteiger partial charge in [-0.2, -0.15) is 5.10 Å². The zero-order chi connectivity index (χ0) is 9.47. The zero-order valence-corrected chi connectivity index (χ0v) is 8.02. The Morgan fingerprint density at radius 1 is 1.31 bits per heavy atom. The number of aromatic nitrogens is 4. The largest absolute Gasteiger partial charge is 0.239 e. The van der Waals surface area contributed by atoms with Gasteiger partial charge in [-0.1, -0.05) is 20.8 Å². The van der Waals surface area contributed by atoms with Gasteiger partial charge in [0.2, 0.25) is 0 Å². The number of imidazole rings is 1. The second kappa shape index (κ2) is 2.52. The van der Waals surface area contributed by atoms with Crippen molar-refractivity contribution in [1.29, 1.82) is 0 Å². The fourth-order valence-corrected chi connectivity index (χ4v) is 1.11. The molecule has 0 aromatic carbocycles. The minimum Gasteiger partial charge on any atom is -0.239 e. The average molecular weight is 176 g/mol. The summed E-state index contributed by atoms with van der Waals surface area (Å²) in [5.41, 5.74) is 1.90. The van der Waals surface area contributed by atoms with Crippen LogP contribution < -0.4 is 0 Å². The molecule has 0 saturated carbocycles. The van der Waals surface area contributed by atoms with Gasteiger partial charge in [0.1, 0.15) is 6.33 Å². The van der Waals surface area contributed by atoms with Crippen LogP contribution in [-0.2, 0) is 5.41 Å². The molecule has 0 aliphatic carbocycles. The van der Waals surface area contributed by atoms with Crippen LogP contribution in [0.15, 0.2) is 18.7 Å². The number of nitrogens with zero attached hydrogens (tertiary/aromatic N) is 4. The van der Waals surface area contributed by atoms with Crippen LogP contribution in [0.5, 0.6) is 0 Å². The van der Waals surface area contributed by atoms with Crippen molar-refractivity contribution in [2.45, 2.75) is 26.2 Å². The van der Waals surface area contributed by atoms with Crippen LogP contribution >= 0.6 is 0 Å². The highest BCUT2D eigenvalue weighted by Crippen LogP contribution is 2.20. The molecule has 2 rings (SSSR count). The van der Waals surface area contributed by atoms with Crippen LogP contribution in [0.4, 0.5) is 0 Å². The maximum Gasteiger partial charge on any atom is 0.172 e. The average Bonchev–Trinajstić information content (AvgIpc) is 2.45. The number of fused-ring (bicyclic) bond motifs is 1. The third-order valence-corrected chi connectivity index (χ3v) is 1.92. The summed E-state index contributed by atoms with van der Waals surface area (Å²) in [6.45, 7) is 6.38. The third kappa shape index (κ3) is 1.39. The van der Waals surface area contributed by atoms with E-state index in [1.165, 1.54) is 6.33 Å². The summed E-state index contributed by atoms with van der Waals surface area (Å²) in [7, 11) is 0. The van der Waals surface area contributed by atoms with Crippen molar-refractivity contribution < 1.29 is 0 Å². The molecule has 2 aromatic heterocycles. The molecule has 0 amide bonds. The summed E-state index contributed by atoms with van der Waals surface area (Å²) in [4.78, 5) is 8.34. The van der Waals surface area contributed by atoms with Crippen molar-refractivity contribution in [3.05, 3.63) is 24.4 Å². The van der Waals surface area contributed by atoms with E-state index in [9.17, 15) is 0 Å². The minimum atomic E-state index is 0.0632. The van der Waals surface area contributed by atoms with Crippen LogP contribution in [0, 0.1) is 0 Å². The van der Waals surface area contributed by atoms with Crippen molar-refractivity contribution in [2.75, 3.05) is 0 Å². The highest BCUT2D eigenvalue weighted by atomic mass is 15.3. The first kappa shape index (κ1) is 8.16. The first-order valence-electron chi connectivity index (χ1n) is 4.23. The number of hydrogen-bond acceptors (Lipinski definition) is 3. The number of rotatable bonds is 0. The summed E-state index contributed by atoms with van der Waals surface area (Å²) in [6.07, 6.45) is 5.17. The van der Waals surface area contributed by atoms with Gasteiger partial charge in [0.25, 0.3) is 0 Å². The molecule has 0 atom stereocenters. The lowest BCUT2D eigenvalue weighted by atomic mass is 9.93. The first-order chi connectivity index (χ1) is 6.07. The molecule has 0 aliphatic rings. The van der Waals surface area contributed by atoms with Crippen LogP contribution in [0.3, 0.4) is 0 Å². The molecule has 0 saturated heterocycles. The fourth-order valence-electron chi connectivity index (χ4n) is 1.11. The van der Waals surface area contributed by atoms with Crippen LogP contribution in [0.25, 0.3) is 5.65 Å². The van der Waals surface area contributed by atoms with E-state index in [1.54, 1.807) is 10.7 Å². The maximum absolute atomic E-state index is 4.42. The number of hydrogen-bond donors (Lipinski definition) is 0. The molecule has 2 aromatic rings. The Kier molecular flexibility index (Phi) is 1.58. The van der Waals surface area contributed by atoms with Gasteiger partial charge in [-0.15, -0.1) is 0 Å². The SMILES string of the molecule is CC(C)(C)c1cn2ncncc2n1. The molecule has 2 heterocycles. The maximum atomic E-state index is 4.42. The zero-order valence-electron chi connectivity index (χ0n) is 8.02. The molecule has 4 heteroatoms. The van der Waals surface area contributed by atoms with E-state index in [0.29, 0.717) is 0 Å². The molecular formula is C9H12N4. The van der Waals surface area contributed by atoms with Gasteiger partial charge in [0.05, 0.1) is 18.1 Å². The Hall–Kier alpha value is -1.45. The Balaban J connectivity index is 2.63. The van der Waals surface area contributed by atoms with Gasteiger partial charge >= 0.3 is 0 Å². The Morgan fingerprint density at radius 2 is 2.08 bits per heavy atom. The molecule has 4 nitrogen and oxygen atoms in total. The lowest BCUT2D eigenvalue weighted by Crippen LogP contribution is -2.11. The molecule has 13 heavy (non-hydrogen) atoms. The lowest BCUT2D eigenvalue weighted by molar-refractivity contribution is 0.572. The summed E-state index contributed by atoms with van der Waals surface area (Å²) < 4.78 is 1.74. The lowest BCUT2D eigenvalue weighted by Gasteiger charge is -2.13. The van der Waals surface area contributed by atoms with Gasteiger partial charge < -0.3 is 0 Å². The van der Waals surface area contributed by atoms with Crippen LogP contribution in [-0.4, -0.2) is 19.6 Å². The van der Waals surface area contributed by atoms with E-state index < -0.39 is 0 Å². The van der Waals surface area contributed by atoms with E-state index in [1.807, 2.05) is 6.20 Å². The molecule has 0 radical (unpaired) electrons. The molecule has 0 N–H and O–H groups in total. The third-order valence-electron chi connectivity index (χ3n) is 1.92. The van der Waals surface area contributed by atoms with Crippen LogP contribution in [0.1, 0.15) is 26.5 Å². The van der Waals surface area contributed by atoms with Gasteiger partial charge in [-0.3, -0.25) is 0 Å². The molecule has 0 spiro atoms. The predicted molar refractivity (Wildman–Crippen MR) is 49.5 cm³/mol. The topological polar surface area (TPSA) is 43.1 Å². The van der Waals surface area contributed by atoms with Crippen molar-refractivity contribution in [3.63, 3.8) is 0 Å². The van der Waals surface area contributed by atoms with Crippen molar-refractivity contribution in [3.8, 4) is 0 Å². The van der Waals surface area contributed by atoms with Crippen molar-refractivity contribution >= 4 is 5.65 Å². The Bertz CT molecular complexity index is 391. The highest BCUT2D eigenvalue weighted by molar-refractivity contribution is 5.36. The van der Waals surface area contributed by atoms with E-state index in [0.717, 1.165) is 11.3 Å². The second-order valence-corrected chi connectivity index (χ2v) is 4.09. The van der Waals surface area contributed by atoms with Gasteiger partial charge in [-0.25, -0.2) is 14.5 Å². The molecule has 0 unspecified atom stereocenters. The van der Waals surface area contributed by atoms with Crippen molar-refractivity contribution in [2.24, 2.45) is 0 Å². The summed E-state index contributed by atoms with van der Waals surface area (Å²) in [5.74, 6) is 0. The molecule has 0 aliphatic heterocycles. The van der Waals surface area contributed by atoms with Crippen molar-refractivity contribution in [1.82, 2.24) is 19.6 Å². The minimum absolute atomic E-state index is 0.0632. The molecule has 0 fully saturated rings. The van der Waals surface area contributed by atoms with Gasteiger partial charge in [-0.05, 0) is 0 Å². The van der Waals surface area contributed by atoms with E-state index in [-0.39, 0.29) is 5.41 Å². The Labute approximate surface area is 76.6 Å². The first-order valence-corrected chi connectivity index (χ1v) is 4.23. The molecule has 68 valence electrons. The van der Waals surface area contributed by atoms with Gasteiger partial charge in [0.15, 0.2) is 5.65 Å².